The van der Waals surface area contributed by atoms with Gasteiger partial charge in [-0.15, -0.1) is 10.2 Å². The summed E-state index contributed by atoms with van der Waals surface area (Å²) in [6.07, 6.45) is 9.96. The molecule has 1 aromatic carbocycles. The summed E-state index contributed by atoms with van der Waals surface area (Å²) in [7, 11) is 0. The van der Waals surface area contributed by atoms with Crippen LogP contribution in [0, 0.1) is 0 Å². The van der Waals surface area contributed by atoms with E-state index in [0.717, 1.165) is 43.0 Å². The second-order valence-electron chi connectivity index (χ2n) is 15.4. The zero-order chi connectivity index (χ0) is 37.2. The molecule has 0 spiro atoms. The minimum atomic E-state index is -1.50. The summed E-state index contributed by atoms with van der Waals surface area (Å²) in [4.78, 5) is 50.8. The summed E-state index contributed by atoms with van der Waals surface area (Å²) < 4.78 is 13.9. The zero-order valence-corrected chi connectivity index (χ0v) is 30.7. The summed E-state index contributed by atoms with van der Waals surface area (Å²) >= 11 is 0. The van der Waals surface area contributed by atoms with Crippen molar-refractivity contribution < 1.29 is 23.9 Å². The number of urea groups is 1. The molecule has 2 fully saturated rings. The number of anilines is 1. The number of pyridine rings is 1. The third-order valence-corrected chi connectivity index (χ3v) is 10.4. The van der Waals surface area contributed by atoms with E-state index in [0.29, 0.717) is 49.6 Å². The lowest BCUT2D eigenvalue weighted by Crippen LogP contribution is -2.49. The van der Waals surface area contributed by atoms with Crippen molar-refractivity contribution >= 4 is 29.7 Å². The van der Waals surface area contributed by atoms with Crippen molar-refractivity contribution in [1.82, 2.24) is 40.1 Å². The smallest absolute Gasteiger partial charge is 0.321 e. The van der Waals surface area contributed by atoms with E-state index in [1.165, 1.54) is 12.8 Å². The van der Waals surface area contributed by atoms with Crippen LogP contribution in [0.5, 0.6) is 5.75 Å². The molecule has 7 rings (SSSR count). The Morgan fingerprint density at radius 2 is 1.83 bits per heavy atom. The number of nitrogens with one attached hydrogen (secondary N) is 3. The van der Waals surface area contributed by atoms with Crippen LogP contribution < -0.4 is 20.7 Å². The van der Waals surface area contributed by atoms with E-state index in [4.69, 9.17) is 9.47 Å². The number of aromatic nitrogens is 5. The standard InChI is InChI=1S/C39H47N9O5/c1-37(2,3)30-23-31(42-33(41-30)34(50)40-17-18-47-19-21-52-22-20-47)43-36(51)44-39(25-49)16-13-29(27-9-5-6-10-28(27)39)53-26-11-12-32-45-46-35(48(32)24-26)38(4)14-7-8-15-38/h5-6,9-13,16,23-25,29H,7-8,14-15,17-22H2,1-4H3,(H,40,50)(H2,41,42,43,44,51)/t29-,39-/m1/s1. The first-order valence-electron chi connectivity index (χ1n) is 18.3. The highest BCUT2D eigenvalue weighted by molar-refractivity contribution is 5.94. The highest BCUT2D eigenvalue weighted by atomic mass is 16.5. The number of ether oxygens (including phenoxy) is 2. The summed E-state index contributed by atoms with van der Waals surface area (Å²) in [6, 6.07) is 12.1. The van der Waals surface area contributed by atoms with Crippen molar-refractivity contribution in [2.45, 2.75) is 75.9 Å². The van der Waals surface area contributed by atoms with Gasteiger partial charge in [-0.1, -0.05) is 64.8 Å². The Morgan fingerprint density at radius 1 is 1.06 bits per heavy atom. The highest BCUT2D eigenvalue weighted by Crippen LogP contribution is 2.41. The molecule has 0 radical (unpaired) electrons. The van der Waals surface area contributed by atoms with Crippen LogP contribution in [-0.4, -0.2) is 87.1 Å². The molecule has 0 bridgehead atoms. The molecule has 3 amide bonds. The van der Waals surface area contributed by atoms with Crippen molar-refractivity contribution in [1.29, 1.82) is 0 Å². The lowest BCUT2D eigenvalue weighted by molar-refractivity contribution is -0.111. The van der Waals surface area contributed by atoms with Crippen LogP contribution in [0.25, 0.3) is 5.65 Å². The number of rotatable bonds is 10. The Balaban J connectivity index is 1.08. The first-order chi connectivity index (χ1) is 25.5. The summed E-state index contributed by atoms with van der Waals surface area (Å²) in [5.74, 6) is 1.18. The van der Waals surface area contributed by atoms with Crippen molar-refractivity contribution in [3.63, 3.8) is 0 Å². The van der Waals surface area contributed by atoms with Gasteiger partial charge >= 0.3 is 6.03 Å². The predicted molar refractivity (Wildman–Crippen MR) is 198 cm³/mol. The predicted octanol–water partition coefficient (Wildman–Crippen LogP) is 4.62. The molecule has 3 N–H and O–H groups in total. The summed E-state index contributed by atoms with van der Waals surface area (Å²) in [6.45, 7) is 12.2. The molecule has 4 aromatic rings. The number of aldehydes is 1. The molecule has 1 saturated heterocycles. The molecule has 3 aliphatic rings. The summed E-state index contributed by atoms with van der Waals surface area (Å²) in [5, 5.41) is 17.4. The van der Waals surface area contributed by atoms with E-state index < -0.39 is 29.0 Å². The summed E-state index contributed by atoms with van der Waals surface area (Å²) in [5.41, 5.74) is 0.638. The SMILES string of the molecule is CC(C)(C)c1cc(NC(=O)N[C@@]2(C=O)C=C[C@@H](Oc3ccc4nnc(C5(C)CCCC5)n4c3)c3ccccc32)nc(C(=O)NCCN2CCOCC2)n1. The Bertz CT molecular complexity index is 2030. The Labute approximate surface area is 308 Å². The Hall–Kier alpha value is -5.21. The molecule has 2 atom stereocenters. The van der Waals surface area contributed by atoms with Crippen molar-refractivity contribution in [3.05, 3.63) is 89.3 Å². The first kappa shape index (κ1) is 36.2. The number of carbonyl (C=O) groups is 3. The van der Waals surface area contributed by atoms with Crippen molar-refractivity contribution in [3.8, 4) is 5.75 Å². The molecule has 1 aliphatic heterocycles. The second-order valence-corrected chi connectivity index (χ2v) is 15.4. The van der Waals surface area contributed by atoms with Gasteiger partial charge in [0.15, 0.2) is 11.9 Å². The number of hydrogen-bond donors (Lipinski definition) is 3. The minimum Gasteiger partial charge on any atom is -0.480 e. The zero-order valence-electron chi connectivity index (χ0n) is 30.7. The molecule has 2 aliphatic carbocycles. The van der Waals surface area contributed by atoms with E-state index in [9.17, 15) is 14.4 Å². The fourth-order valence-electron chi connectivity index (χ4n) is 7.34. The second kappa shape index (κ2) is 14.7. The Kier molecular flexibility index (Phi) is 10.0. The van der Waals surface area contributed by atoms with Gasteiger partial charge in [-0.25, -0.2) is 14.8 Å². The first-order valence-corrected chi connectivity index (χ1v) is 18.3. The van der Waals surface area contributed by atoms with Crippen molar-refractivity contribution in [2.75, 3.05) is 44.7 Å². The van der Waals surface area contributed by atoms with Gasteiger partial charge in [-0.3, -0.25) is 24.2 Å². The average molecular weight is 722 g/mol. The fourth-order valence-corrected chi connectivity index (χ4v) is 7.34. The minimum absolute atomic E-state index is 0.0393. The number of morpholine rings is 1. The number of nitrogens with zero attached hydrogens (tertiary/aromatic N) is 6. The number of benzene rings is 1. The van der Waals surface area contributed by atoms with Gasteiger partial charge in [0.2, 0.25) is 5.82 Å². The Morgan fingerprint density at radius 3 is 2.58 bits per heavy atom. The van der Waals surface area contributed by atoms with Gasteiger partial charge in [0.25, 0.3) is 5.91 Å². The topological polar surface area (TPSA) is 165 Å². The molecule has 4 heterocycles. The van der Waals surface area contributed by atoms with E-state index in [2.05, 4.69) is 47.9 Å². The van der Waals surface area contributed by atoms with Gasteiger partial charge in [0, 0.05) is 48.6 Å². The van der Waals surface area contributed by atoms with Crippen LogP contribution in [0.15, 0.2) is 60.8 Å². The van der Waals surface area contributed by atoms with Crippen LogP contribution in [0.4, 0.5) is 10.6 Å². The van der Waals surface area contributed by atoms with Crippen LogP contribution in [0.2, 0.25) is 0 Å². The van der Waals surface area contributed by atoms with Gasteiger partial charge < -0.3 is 20.1 Å². The van der Waals surface area contributed by atoms with Gasteiger partial charge in [0.1, 0.15) is 29.0 Å². The van der Waals surface area contributed by atoms with Crippen LogP contribution in [0.1, 0.15) is 92.7 Å². The normalized spacial score (nSPS) is 21.2. The monoisotopic (exact) mass is 721 g/mol. The lowest BCUT2D eigenvalue weighted by Gasteiger charge is -2.34. The molecule has 1 saturated carbocycles. The van der Waals surface area contributed by atoms with Crippen LogP contribution in [-0.2, 0) is 25.9 Å². The highest BCUT2D eigenvalue weighted by Gasteiger charge is 2.39. The van der Waals surface area contributed by atoms with Crippen molar-refractivity contribution in [2.24, 2.45) is 0 Å². The lowest BCUT2D eigenvalue weighted by atomic mass is 9.81. The quantitative estimate of drug-likeness (QED) is 0.156. The maximum Gasteiger partial charge on any atom is 0.321 e. The maximum absolute atomic E-state index is 13.6. The molecule has 0 unspecified atom stereocenters. The number of carbonyl (C=O) groups excluding carboxylic acids is 3. The third-order valence-electron chi connectivity index (χ3n) is 10.4. The molecular formula is C39H47N9O5. The number of amides is 3. The van der Waals surface area contributed by atoms with E-state index in [-0.39, 0.29) is 17.1 Å². The largest absolute Gasteiger partial charge is 0.480 e. The van der Waals surface area contributed by atoms with Gasteiger partial charge in [-0.05, 0) is 42.7 Å². The fraction of sp³-hybridized carbons (Fsp3) is 0.462. The molecule has 278 valence electrons. The van der Waals surface area contributed by atoms with E-state index in [1.54, 1.807) is 24.3 Å². The molecule has 53 heavy (non-hydrogen) atoms. The van der Waals surface area contributed by atoms with Gasteiger partial charge in [0.05, 0.1) is 25.1 Å². The number of hydrogen-bond acceptors (Lipinski definition) is 10. The molecule has 14 nitrogen and oxygen atoms in total. The van der Waals surface area contributed by atoms with Gasteiger partial charge in [-0.2, -0.15) is 0 Å². The maximum atomic E-state index is 13.6. The number of fused-ring (bicyclic) bond motifs is 2. The average Bonchev–Trinajstić information content (AvgIpc) is 3.79. The molecular weight excluding hydrogens is 674 g/mol. The van der Waals surface area contributed by atoms with E-state index >= 15 is 0 Å². The van der Waals surface area contributed by atoms with Crippen LogP contribution in [0.3, 0.4) is 0 Å². The van der Waals surface area contributed by atoms with E-state index in [1.807, 2.05) is 61.7 Å². The van der Waals surface area contributed by atoms with Crippen LogP contribution >= 0.6 is 0 Å². The molecule has 3 aromatic heterocycles. The third kappa shape index (κ3) is 7.65. The molecule has 14 heteroatoms.